The molecule has 3 aromatic rings. The van der Waals surface area contributed by atoms with Crippen LogP contribution in [-0.4, -0.2) is 9.49 Å². The molecule has 0 saturated heterocycles. The highest BCUT2D eigenvalue weighted by molar-refractivity contribution is 9.10. The van der Waals surface area contributed by atoms with E-state index in [9.17, 15) is 14.9 Å². The Balaban J connectivity index is 2.45. The molecule has 0 saturated carbocycles. The molecule has 2 heterocycles. The molecule has 0 bridgehead atoms. The number of halogens is 2. The molecule has 8 heteroatoms. The SMILES string of the molecule is O=c1ccc2c(Br)c([N+](=O)[O-])sc2n1-c1ccccc1Cl. The molecule has 0 spiro atoms. The van der Waals surface area contributed by atoms with E-state index < -0.39 is 4.92 Å². The topological polar surface area (TPSA) is 65.1 Å². The predicted octanol–water partition coefficient (Wildman–Crippen LogP) is 4.38. The minimum absolute atomic E-state index is 0.0450. The zero-order valence-electron chi connectivity index (χ0n) is 10.2. The molecule has 0 amide bonds. The van der Waals surface area contributed by atoms with Crippen LogP contribution in [-0.2, 0) is 0 Å². The molecule has 0 N–H and O–H groups in total. The highest BCUT2D eigenvalue weighted by Crippen LogP contribution is 2.41. The number of aromatic nitrogens is 1. The number of benzene rings is 1. The van der Waals surface area contributed by atoms with Crippen LogP contribution in [0.4, 0.5) is 5.00 Å². The molecule has 2 aromatic heterocycles. The molecule has 0 radical (unpaired) electrons. The van der Waals surface area contributed by atoms with Crippen molar-refractivity contribution in [3.63, 3.8) is 0 Å². The third-order valence-corrected chi connectivity index (χ3v) is 5.45. The fourth-order valence-electron chi connectivity index (χ4n) is 2.02. The van der Waals surface area contributed by atoms with Crippen LogP contribution in [0.5, 0.6) is 0 Å². The number of nitrogens with zero attached hydrogens (tertiary/aromatic N) is 2. The lowest BCUT2D eigenvalue weighted by atomic mass is 10.3. The van der Waals surface area contributed by atoms with E-state index in [1.807, 2.05) is 0 Å². The van der Waals surface area contributed by atoms with E-state index in [2.05, 4.69) is 15.9 Å². The zero-order valence-corrected chi connectivity index (χ0v) is 13.4. The second-order valence-electron chi connectivity index (χ2n) is 4.16. The van der Waals surface area contributed by atoms with E-state index >= 15 is 0 Å². The summed E-state index contributed by atoms with van der Waals surface area (Å²) in [5, 5.41) is 12.0. The minimum atomic E-state index is -0.476. The summed E-state index contributed by atoms with van der Waals surface area (Å²) in [5.41, 5.74) is 0.206. The smallest absolute Gasteiger partial charge is 0.269 e. The number of hydrogen-bond donors (Lipinski definition) is 0. The summed E-state index contributed by atoms with van der Waals surface area (Å²) in [6, 6.07) is 9.81. The first-order chi connectivity index (χ1) is 10.0. The van der Waals surface area contributed by atoms with Gasteiger partial charge in [0.1, 0.15) is 9.30 Å². The standard InChI is InChI=1S/C13H6BrClN2O3S/c14-11-7-5-6-10(18)16(9-4-2-1-3-8(9)15)12(7)21-13(11)17(19)20/h1-6H. The van der Waals surface area contributed by atoms with Crippen LogP contribution in [0.1, 0.15) is 0 Å². The van der Waals surface area contributed by atoms with Gasteiger partial charge in [0.05, 0.1) is 15.6 Å². The number of thiophene rings is 1. The fraction of sp³-hybridized carbons (Fsp3) is 0. The molecule has 0 fully saturated rings. The number of nitro groups is 1. The van der Waals surface area contributed by atoms with E-state index in [0.717, 1.165) is 11.3 Å². The van der Waals surface area contributed by atoms with Crippen LogP contribution in [0.15, 0.2) is 45.7 Å². The van der Waals surface area contributed by atoms with Gasteiger partial charge < -0.3 is 0 Å². The van der Waals surface area contributed by atoms with Crippen molar-refractivity contribution in [2.45, 2.75) is 0 Å². The summed E-state index contributed by atoms with van der Waals surface area (Å²) in [7, 11) is 0. The summed E-state index contributed by atoms with van der Waals surface area (Å²) in [4.78, 5) is 23.3. The van der Waals surface area contributed by atoms with Gasteiger partial charge in [-0.3, -0.25) is 19.5 Å². The number of rotatable bonds is 2. The highest BCUT2D eigenvalue weighted by Gasteiger charge is 2.22. The minimum Gasteiger partial charge on any atom is -0.269 e. The predicted molar refractivity (Wildman–Crippen MR) is 86.8 cm³/mol. The van der Waals surface area contributed by atoms with Gasteiger partial charge in [0, 0.05) is 11.5 Å². The Bertz CT molecular complexity index is 935. The summed E-state index contributed by atoms with van der Waals surface area (Å²) >= 11 is 10.3. The summed E-state index contributed by atoms with van der Waals surface area (Å²) < 4.78 is 1.76. The van der Waals surface area contributed by atoms with Crippen LogP contribution in [0, 0.1) is 10.1 Å². The maximum atomic E-state index is 12.2. The molecule has 0 aliphatic carbocycles. The van der Waals surface area contributed by atoms with Crippen LogP contribution in [0.2, 0.25) is 5.02 Å². The van der Waals surface area contributed by atoms with Crippen LogP contribution in [0.3, 0.4) is 0 Å². The van der Waals surface area contributed by atoms with Crippen molar-refractivity contribution in [3.05, 3.63) is 66.4 Å². The van der Waals surface area contributed by atoms with Gasteiger partial charge in [-0.2, -0.15) is 0 Å². The zero-order chi connectivity index (χ0) is 15.1. The van der Waals surface area contributed by atoms with Crippen molar-refractivity contribution in [3.8, 4) is 5.69 Å². The Morgan fingerprint density at radius 2 is 1.95 bits per heavy atom. The van der Waals surface area contributed by atoms with Crippen molar-refractivity contribution < 1.29 is 4.92 Å². The second-order valence-corrected chi connectivity index (χ2v) is 6.33. The third kappa shape index (κ3) is 2.27. The molecule has 3 rings (SSSR count). The highest BCUT2D eigenvalue weighted by atomic mass is 79.9. The number of pyridine rings is 1. The van der Waals surface area contributed by atoms with Crippen molar-refractivity contribution >= 4 is 54.1 Å². The lowest BCUT2D eigenvalue weighted by Crippen LogP contribution is -2.16. The van der Waals surface area contributed by atoms with E-state index in [-0.39, 0.29) is 10.6 Å². The average molecular weight is 386 g/mol. The lowest BCUT2D eigenvalue weighted by molar-refractivity contribution is -0.380. The first-order valence-corrected chi connectivity index (χ1v) is 7.73. The van der Waals surface area contributed by atoms with Gasteiger partial charge in [0.2, 0.25) is 0 Å². The average Bonchev–Trinajstić information content (AvgIpc) is 2.78. The van der Waals surface area contributed by atoms with Gasteiger partial charge >= 0.3 is 5.00 Å². The third-order valence-electron chi connectivity index (χ3n) is 2.92. The summed E-state index contributed by atoms with van der Waals surface area (Å²) in [5.74, 6) is 0. The van der Waals surface area contributed by atoms with Gasteiger partial charge in [0.15, 0.2) is 0 Å². The Labute approximate surface area is 135 Å². The fourth-order valence-corrected chi connectivity index (χ4v) is 4.09. The Kier molecular flexibility index (Phi) is 3.56. The van der Waals surface area contributed by atoms with Crippen molar-refractivity contribution in [2.75, 3.05) is 0 Å². The summed E-state index contributed by atoms with van der Waals surface area (Å²) in [6.45, 7) is 0. The van der Waals surface area contributed by atoms with E-state index in [1.54, 1.807) is 30.3 Å². The number of fused-ring (bicyclic) bond motifs is 1. The number of para-hydroxylation sites is 1. The monoisotopic (exact) mass is 384 g/mol. The Hall–Kier alpha value is -1.70. The molecule has 0 aliphatic heterocycles. The molecule has 0 atom stereocenters. The Morgan fingerprint density at radius 1 is 1.24 bits per heavy atom. The van der Waals surface area contributed by atoms with Gasteiger partial charge in [-0.15, -0.1) is 0 Å². The van der Waals surface area contributed by atoms with E-state index in [0.29, 0.717) is 25.4 Å². The molecule has 0 aliphatic rings. The Morgan fingerprint density at radius 3 is 2.62 bits per heavy atom. The molecule has 21 heavy (non-hydrogen) atoms. The van der Waals surface area contributed by atoms with Gasteiger partial charge in [-0.05, 0) is 45.5 Å². The maximum absolute atomic E-state index is 12.2. The number of hydrogen-bond acceptors (Lipinski definition) is 4. The lowest BCUT2D eigenvalue weighted by Gasteiger charge is -2.08. The first-order valence-electron chi connectivity index (χ1n) is 5.74. The molecule has 106 valence electrons. The quantitative estimate of drug-likeness (QED) is 0.486. The van der Waals surface area contributed by atoms with E-state index in [1.165, 1.54) is 10.6 Å². The molecular weight excluding hydrogens is 380 g/mol. The normalized spacial score (nSPS) is 11.0. The molecule has 1 aromatic carbocycles. The van der Waals surface area contributed by atoms with Gasteiger partial charge in [0.25, 0.3) is 5.56 Å². The molecular formula is C13H6BrClN2O3S. The first kappa shape index (κ1) is 14.2. The summed E-state index contributed by atoms with van der Waals surface area (Å²) in [6.07, 6.45) is 0. The van der Waals surface area contributed by atoms with Crippen LogP contribution >= 0.6 is 38.9 Å². The van der Waals surface area contributed by atoms with Crippen molar-refractivity contribution in [2.24, 2.45) is 0 Å². The largest absolute Gasteiger partial charge is 0.340 e. The molecule has 5 nitrogen and oxygen atoms in total. The van der Waals surface area contributed by atoms with Crippen molar-refractivity contribution in [1.29, 1.82) is 0 Å². The molecule has 0 unspecified atom stereocenters. The van der Waals surface area contributed by atoms with E-state index in [4.69, 9.17) is 11.6 Å². The van der Waals surface area contributed by atoms with Crippen LogP contribution in [0.25, 0.3) is 15.9 Å². The maximum Gasteiger partial charge on any atom is 0.340 e. The van der Waals surface area contributed by atoms with Gasteiger partial charge in [-0.1, -0.05) is 23.7 Å². The van der Waals surface area contributed by atoms with Gasteiger partial charge in [-0.25, -0.2) is 0 Å². The second kappa shape index (κ2) is 5.25. The van der Waals surface area contributed by atoms with Crippen molar-refractivity contribution in [1.82, 2.24) is 4.57 Å². The van der Waals surface area contributed by atoms with Crippen LogP contribution < -0.4 is 5.56 Å².